The maximum absolute atomic E-state index is 2.29. The minimum absolute atomic E-state index is 0. The van der Waals surface area contributed by atoms with E-state index >= 15 is 0 Å². The molecule has 0 bridgehead atoms. The topological polar surface area (TPSA) is 0 Å². The van der Waals surface area contributed by atoms with Crippen molar-refractivity contribution < 1.29 is 25.8 Å². The van der Waals surface area contributed by atoms with Gasteiger partial charge in [0.25, 0.3) is 0 Å². The van der Waals surface area contributed by atoms with Crippen LogP contribution in [-0.2, 0) is 38.7 Å². The summed E-state index contributed by atoms with van der Waals surface area (Å²) in [5.41, 5.74) is 2.94. The summed E-state index contributed by atoms with van der Waals surface area (Å²) >= 11 is 0. The number of rotatable bonds is 4. The minimum atomic E-state index is 0. The van der Waals surface area contributed by atoms with Gasteiger partial charge < -0.3 is 0 Å². The smallest absolute Gasteiger partial charge is 0.165 e. The van der Waals surface area contributed by atoms with Gasteiger partial charge in [0.05, 0.1) is 0 Å². The van der Waals surface area contributed by atoms with Gasteiger partial charge in [0.1, 0.15) is 0 Å². The molecule has 0 radical (unpaired) electrons. The zero-order valence-corrected chi connectivity index (χ0v) is 18.8. The molecule has 4 rings (SSSR count). The fourth-order valence-corrected chi connectivity index (χ4v) is 3.30. The van der Waals surface area contributed by atoms with Crippen molar-refractivity contribution in [2.75, 3.05) is 0 Å². The van der Waals surface area contributed by atoms with Crippen molar-refractivity contribution in [2.45, 2.75) is 39.5 Å². The van der Waals surface area contributed by atoms with E-state index in [4.69, 9.17) is 0 Å². The predicted octanol–water partition coefficient (Wildman–Crippen LogP) is 7.02. The van der Waals surface area contributed by atoms with Crippen LogP contribution in [0.3, 0.4) is 0 Å². The molecule has 0 atom stereocenters. The van der Waals surface area contributed by atoms with E-state index in [1.165, 1.54) is 58.4 Å². The summed E-state index contributed by atoms with van der Waals surface area (Å²) in [4.78, 5) is 0. The Morgan fingerprint density at radius 3 is 1.40 bits per heavy atom. The molecule has 0 aliphatic carbocycles. The zero-order chi connectivity index (χ0) is 16.8. The number of benzene rings is 2. The van der Waals surface area contributed by atoms with E-state index in [9.17, 15) is 0 Å². The van der Waals surface area contributed by atoms with Crippen LogP contribution in [0.2, 0.25) is 0 Å². The van der Waals surface area contributed by atoms with E-state index in [0.717, 1.165) is 0 Å². The van der Waals surface area contributed by atoms with Crippen LogP contribution in [-0.4, -0.2) is 0 Å². The van der Waals surface area contributed by atoms with Gasteiger partial charge in [-0.1, -0.05) is 38.8 Å². The van der Waals surface area contributed by atoms with E-state index in [2.05, 4.69) is 86.6 Å². The van der Waals surface area contributed by atoms with Crippen molar-refractivity contribution in [2.24, 2.45) is 0 Å². The monoisotopic (exact) mass is 494 g/mol. The van der Waals surface area contributed by atoms with Gasteiger partial charge in [-0.2, -0.15) is 12.1 Å². The first-order chi connectivity index (χ1) is 11.8. The second kappa shape index (κ2) is 9.87. The van der Waals surface area contributed by atoms with Crippen molar-refractivity contribution in [1.82, 2.24) is 0 Å². The van der Waals surface area contributed by atoms with Gasteiger partial charge in [-0.05, 0) is 12.8 Å². The minimum Gasteiger partial charge on any atom is -0.165 e. The summed E-state index contributed by atoms with van der Waals surface area (Å²) in [5, 5.41) is 5.50. The normalized spacial score (nSPS) is 10.3. The summed E-state index contributed by atoms with van der Waals surface area (Å²) in [6.45, 7) is 4.44. The Morgan fingerprint density at radius 1 is 0.640 bits per heavy atom. The molecule has 0 fully saturated rings. The molecule has 0 saturated carbocycles. The first-order valence-electron chi connectivity index (χ1n) is 9.09. The van der Waals surface area contributed by atoms with Crippen LogP contribution >= 0.6 is 0 Å². The second-order valence-corrected chi connectivity index (χ2v) is 6.49. The predicted molar refractivity (Wildman–Crippen MR) is 107 cm³/mol. The summed E-state index contributed by atoms with van der Waals surface area (Å²) in [6.07, 6.45) is 4.87. The van der Waals surface area contributed by atoms with Gasteiger partial charge in [0.15, 0.2) is 0 Å². The molecule has 0 aromatic heterocycles. The van der Waals surface area contributed by atoms with E-state index < -0.39 is 0 Å². The fourth-order valence-electron chi connectivity index (χ4n) is 3.30. The van der Waals surface area contributed by atoms with E-state index in [1.54, 1.807) is 0 Å². The van der Waals surface area contributed by atoms with E-state index in [1.807, 2.05) is 0 Å². The molecule has 4 aromatic rings. The van der Waals surface area contributed by atoms with Crippen molar-refractivity contribution in [1.29, 1.82) is 0 Å². The molecule has 0 unspecified atom stereocenters. The molecule has 4 aromatic carbocycles. The number of hydrogen-bond acceptors (Lipinski definition) is 0. The van der Waals surface area contributed by atoms with Gasteiger partial charge in [0.2, 0.25) is 0 Å². The third-order valence-corrected chi connectivity index (χ3v) is 4.43. The molecule has 0 heterocycles. The van der Waals surface area contributed by atoms with Crippen LogP contribution in [0.15, 0.2) is 72.8 Å². The maximum atomic E-state index is 2.29. The molecule has 0 N–H and O–H groups in total. The van der Waals surface area contributed by atoms with Crippen LogP contribution in [0, 0.1) is 0 Å². The third kappa shape index (κ3) is 5.25. The Morgan fingerprint density at radius 2 is 1.04 bits per heavy atom. The summed E-state index contributed by atoms with van der Waals surface area (Å²) in [7, 11) is 0. The average molecular weight is 493 g/mol. The van der Waals surface area contributed by atoms with Crippen LogP contribution in [0.1, 0.15) is 37.8 Å². The van der Waals surface area contributed by atoms with Crippen LogP contribution in [0.4, 0.5) is 0 Å². The quantitative estimate of drug-likeness (QED) is 0.212. The Labute approximate surface area is 170 Å². The zero-order valence-electron chi connectivity index (χ0n) is 15.3. The Hall–Kier alpha value is -1.47. The SMILES string of the molecule is CCCc1cc2ccccc2[cH-]1.CCCc1cc2ccccc2[cH-]1.[Hf+4]. The van der Waals surface area contributed by atoms with Crippen molar-refractivity contribution in [3.05, 3.63) is 83.9 Å². The molecular weight excluding hydrogens is 467 g/mol. The number of aryl methyl sites for hydroxylation is 2. The number of hydrogen-bond donors (Lipinski definition) is 0. The maximum Gasteiger partial charge on any atom is 4.00 e. The van der Waals surface area contributed by atoms with Gasteiger partial charge >= 0.3 is 25.8 Å². The fraction of sp³-hybridized carbons (Fsp3) is 0.250. The standard InChI is InChI=1S/2C12H13.Hf/c2*1-2-5-10-8-11-6-3-4-7-12(11)9-10;/h2*3-4,6-9H,2,5H2,1H3;/q2*-1;+4. The van der Waals surface area contributed by atoms with Crippen molar-refractivity contribution >= 4 is 21.5 Å². The molecule has 0 saturated heterocycles. The molecule has 0 nitrogen and oxygen atoms in total. The number of fused-ring (bicyclic) bond motifs is 2. The molecular formula is C24H26Hf+2. The largest absolute Gasteiger partial charge is 4.00 e. The summed E-state index contributed by atoms with van der Waals surface area (Å²) in [6, 6.07) is 26.2. The van der Waals surface area contributed by atoms with E-state index in [0.29, 0.717) is 0 Å². The van der Waals surface area contributed by atoms with Crippen molar-refractivity contribution in [3.8, 4) is 0 Å². The Balaban J connectivity index is 0.000000173. The van der Waals surface area contributed by atoms with Crippen LogP contribution in [0.5, 0.6) is 0 Å². The van der Waals surface area contributed by atoms with Crippen LogP contribution < -0.4 is 0 Å². The third-order valence-electron chi connectivity index (χ3n) is 4.43. The molecule has 25 heavy (non-hydrogen) atoms. The molecule has 1 heteroatoms. The van der Waals surface area contributed by atoms with E-state index in [-0.39, 0.29) is 25.8 Å². The molecule has 124 valence electrons. The van der Waals surface area contributed by atoms with Gasteiger partial charge in [-0.3, -0.25) is 0 Å². The van der Waals surface area contributed by atoms with Crippen LogP contribution in [0.25, 0.3) is 21.5 Å². The molecule has 0 spiro atoms. The summed E-state index contributed by atoms with van der Waals surface area (Å²) < 4.78 is 0. The molecule has 0 aliphatic heterocycles. The average Bonchev–Trinajstić information content (AvgIpc) is 3.18. The first kappa shape index (κ1) is 19.8. The molecule has 0 amide bonds. The second-order valence-electron chi connectivity index (χ2n) is 6.49. The summed E-state index contributed by atoms with van der Waals surface area (Å²) in [5.74, 6) is 0. The van der Waals surface area contributed by atoms with Gasteiger partial charge in [-0.15, -0.1) is 81.2 Å². The van der Waals surface area contributed by atoms with Gasteiger partial charge in [0, 0.05) is 0 Å². The molecule has 0 aliphatic rings. The first-order valence-corrected chi connectivity index (χ1v) is 9.09. The van der Waals surface area contributed by atoms with Crippen molar-refractivity contribution in [3.63, 3.8) is 0 Å². The van der Waals surface area contributed by atoms with Gasteiger partial charge in [-0.25, -0.2) is 0 Å². The Bertz CT molecular complexity index is 752. The Kier molecular flexibility index (Phi) is 7.84.